The molecule has 5 N–H and O–H groups in total. The molecule has 3 amide bonds. The van der Waals surface area contributed by atoms with Crippen LogP contribution in [0, 0.1) is 12.8 Å². The number of carbonyl (C=O) groups is 3. The van der Waals surface area contributed by atoms with Crippen molar-refractivity contribution in [2.24, 2.45) is 5.92 Å². The number of rotatable bonds is 12. The van der Waals surface area contributed by atoms with Crippen LogP contribution < -0.4 is 15.4 Å². The molecule has 306 valence electrons. The topological polar surface area (TPSA) is 209 Å². The van der Waals surface area contributed by atoms with Gasteiger partial charge in [-0.1, -0.05) is 50.2 Å². The first kappa shape index (κ1) is 39.7. The number of aliphatic hydroxyl groups is 1. The molecule has 1 saturated heterocycles. The Bertz CT molecular complexity index is 2490. The van der Waals surface area contributed by atoms with Crippen LogP contribution in [0.25, 0.3) is 32.7 Å². The number of aromatic amines is 1. The molecule has 0 spiro atoms. The van der Waals surface area contributed by atoms with E-state index in [9.17, 15) is 24.6 Å². The van der Waals surface area contributed by atoms with Crippen LogP contribution >= 0.6 is 11.3 Å². The minimum Gasteiger partial charge on any atom is -0.507 e. The Morgan fingerprint density at radius 3 is 2.63 bits per heavy atom. The van der Waals surface area contributed by atoms with Gasteiger partial charge in [0.05, 0.1) is 33.9 Å². The van der Waals surface area contributed by atoms with Gasteiger partial charge in [-0.25, -0.2) is 4.98 Å². The molecule has 1 fully saturated rings. The third-order valence-corrected chi connectivity index (χ3v) is 12.2. The summed E-state index contributed by atoms with van der Waals surface area (Å²) in [6, 6.07) is 16.9. The number of aromatic nitrogens is 5. The molecule has 59 heavy (non-hydrogen) atoms. The molecule has 0 saturated carbocycles. The molecule has 6 aromatic rings. The lowest BCUT2D eigenvalue weighted by molar-refractivity contribution is -0.141. The van der Waals surface area contributed by atoms with Gasteiger partial charge in [0.1, 0.15) is 17.7 Å². The van der Waals surface area contributed by atoms with Crippen molar-refractivity contribution in [3.8, 4) is 33.3 Å². The fourth-order valence-electron chi connectivity index (χ4n) is 8.16. The third-order valence-electron chi connectivity index (χ3n) is 11.2. The van der Waals surface area contributed by atoms with Crippen LogP contribution in [0.1, 0.15) is 73.8 Å². The Kier molecular flexibility index (Phi) is 11.2. The SMILES string of the molecule is Cc1ncsc1-c1ccc([C@H](C)NC(=O)[C@@H]2C[C@@H](O)CN2C(=O)[C@@H](c2cc(OCC(=O)N[C@H]3CCc4[nH]c5nnc(-c6ccccc6O)cc5c4C3)no2)C(C)C)cc1. The summed E-state index contributed by atoms with van der Waals surface area (Å²) < 4.78 is 11.3. The largest absolute Gasteiger partial charge is 0.507 e. The molecule has 15 nitrogen and oxygen atoms in total. The van der Waals surface area contributed by atoms with Crippen LogP contribution in [0.3, 0.4) is 0 Å². The van der Waals surface area contributed by atoms with E-state index in [4.69, 9.17) is 9.26 Å². The van der Waals surface area contributed by atoms with Crippen LogP contribution in [-0.2, 0) is 27.2 Å². The minimum absolute atomic E-state index is 0.00146. The standard InChI is InChI=1S/C43H46N8O7S/c1-22(2)39(43(56)51-19-28(52)16-34(51)42(55)45-23(3)25-9-11-26(12-10-25)40-24(4)44-21-59-40)36-18-38(50-58-36)57-20-37(54)46-27-13-14-32-30(15-27)31-17-33(48-49-41(31)47-32)29-7-5-6-8-35(29)53/h5-12,17-18,21-23,27-28,34,39,52-53H,13-16,19-20H2,1-4H3,(H,45,55)(H,46,54)(H,47,49)/t23-,27-,28+,34-,39+/m0/s1. The summed E-state index contributed by atoms with van der Waals surface area (Å²) >= 11 is 1.58. The maximum atomic E-state index is 14.2. The highest BCUT2D eigenvalue weighted by Crippen LogP contribution is 2.35. The van der Waals surface area contributed by atoms with Crippen molar-refractivity contribution in [1.29, 1.82) is 0 Å². The van der Waals surface area contributed by atoms with E-state index in [-0.39, 0.29) is 72.7 Å². The zero-order valence-corrected chi connectivity index (χ0v) is 34.0. The number of hydrogen-bond acceptors (Lipinski definition) is 12. The molecule has 0 radical (unpaired) electrons. The summed E-state index contributed by atoms with van der Waals surface area (Å²) in [4.78, 5) is 51.1. The van der Waals surface area contributed by atoms with E-state index in [0.29, 0.717) is 36.2 Å². The fraction of sp³-hybridized carbons (Fsp3) is 0.372. The van der Waals surface area contributed by atoms with Gasteiger partial charge < -0.3 is 40.0 Å². The zero-order chi connectivity index (χ0) is 41.4. The van der Waals surface area contributed by atoms with Crippen molar-refractivity contribution in [3.05, 3.63) is 94.4 Å². The molecular weight excluding hydrogens is 773 g/mol. The van der Waals surface area contributed by atoms with Gasteiger partial charge in [0, 0.05) is 41.7 Å². The second-order valence-corrected chi connectivity index (χ2v) is 16.5. The molecule has 1 aliphatic carbocycles. The number of likely N-dealkylation sites (tertiary alicyclic amines) is 1. The number of amides is 3. The lowest BCUT2D eigenvalue weighted by Gasteiger charge is -2.29. The molecule has 5 atom stereocenters. The van der Waals surface area contributed by atoms with E-state index in [1.807, 2.05) is 69.6 Å². The van der Waals surface area contributed by atoms with Crippen molar-refractivity contribution in [2.75, 3.05) is 13.2 Å². The number of carbonyl (C=O) groups excluding carboxylic acids is 3. The number of nitrogens with zero attached hydrogens (tertiary/aromatic N) is 5. The molecular formula is C43H46N8O7S. The van der Waals surface area contributed by atoms with Crippen molar-refractivity contribution in [3.63, 3.8) is 0 Å². The third kappa shape index (κ3) is 8.27. The van der Waals surface area contributed by atoms with Crippen LogP contribution in [0.5, 0.6) is 11.6 Å². The van der Waals surface area contributed by atoms with Gasteiger partial charge in [-0.05, 0) is 79.1 Å². The first-order valence-corrected chi connectivity index (χ1v) is 20.6. The number of fused-ring (bicyclic) bond motifs is 3. The van der Waals surface area contributed by atoms with Crippen LogP contribution in [0.2, 0.25) is 0 Å². The smallest absolute Gasteiger partial charge is 0.258 e. The number of thiazole rings is 1. The highest BCUT2D eigenvalue weighted by Gasteiger charge is 2.43. The maximum absolute atomic E-state index is 14.2. The average Bonchev–Trinajstić information content (AvgIpc) is 4.03. The molecule has 1 aliphatic heterocycles. The van der Waals surface area contributed by atoms with E-state index < -0.39 is 18.1 Å². The van der Waals surface area contributed by atoms with Crippen LogP contribution in [-0.4, -0.2) is 89.5 Å². The summed E-state index contributed by atoms with van der Waals surface area (Å²) in [6.07, 6.45) is 1.23. The van der Waals surface area contributed by atoms with Gasteiger partial charge in [-0.2, -0.15) is 0 Å². The monoisotopic (exact) mass is 818 g/mol. The Balaban J connectivity index is 0.875. The van der Waals surface area contributed by atoms with Gasteiger partial charge in [-0.15, -0.1) is 21.5 Å². The van der Waals surface area contributed by atoms with E-state index >= 15 is 0 Å². The molecule has 2 aliphatic rings. The molecule has 4 aromatic heterocycles. The second kappa shape index (κ2) is 16.6. The Morgan fingerprint density at radius 1 is 1.08 bits per heavy atom. The van der Waals surface area contributed by atoms with E-state index in [0.717, 1.165) is 38.3 Å². The molecule has 2 aromatic carbocycles. The number of phenolic OH excluding ortho intramolecular Hbond substituents is 1. The predicted molar refractivity (Wildman–Crippen MR) is 219 cm³/mol. The summed E-state index contributed by atoms with van der Waals surface area (Å²) in [5, 5.41) is 40.7. The number of H-pyrrole nitrogens is 1. The lowest BCUT2D eigenvalue weighted by atomic mass is 9.91. The maximum Gasteiger partial charge on any atom is 0.258 e. The number of aromatic hydroxyl groups is 1. The highest BCUT2D eigenvalue weighted by molar-refractivity contribution is 7.13. The quantitative estimate of drug-likeness (QED) is 0.106. The van der Waals surface area contributed by atoms with E-state index in [2.05, 4.69) is 36.0 Å². The number of hydrogen-bond donors (Lipinski definition) is 5. The number of aliphatic hydroxyl groups excluding tert-OH is 1. The number of β-amino-alcohol motifs (C(OH)–C–C–N with tert-alkyl or cyclic N) is 1. The number of para-hydroxylation sites is 1. The normalized spacial score (nSPS) is 18.7. The minimum atomic E-state index is -0.880. The summed E-state index contributed by atoms with van der Waals surface area (Å²) in [5.74, 6) is -1.75. The van der Waals surface area contributed by atoms with Crippen molar-refractivity contribution in [2.45, 2.75) is 83.5 Å². The second-order valence-electron chi connectivity index (χ2n) is 15.7. The predicted octanol–water partition coefficient (Wildman–Crippen LogP) is 5.38. The van der Waals surface area contributed by atoms with E-state index in [1.54, 1.807) is 29.5 Å². The van der Waals surface area contributed by atoms with Gasteiger partial charge >= 0.3 is 0 Å². The van der Waals surface area contributed by atoms with Crippen molar-refractivity contribution in [1.82, 2.24) is 40.9 Å². The van der Waals surface area contributed by atoms with Gasteiger partial charge in [0.15, 0.2) is 18.0 Å². The first-order chi connectivity index (χ1) is 28.4. The van der Waals surface area contributed by atoms with Crippen LogP contribution in [0.15, 0.2) is 70.7 Å². The number of aryl methyl sites for hydroxylation is 2. The van der Waals surface area contributed by atoms with E-state index in [1.165, 1.54) is 11.0 Å². The summed E-state index contributed by atoms with van der Waals surface area (Å²) in [7, 11) is 0. The summed E-state index contributed by atoms with van der Waals surface area (Å²) in [5.41, 5.74) is 8.62. The number of benzene rings is 2. The van der Waals surface area contributed by atoms with Gasteiger partial charge in [0.25, 0.3) is 11.8 Å². The fourth-order valence-corrected chi connectivity index (χ4v) is 8.98. The number of nitrogens with one attached hydrogen (secondary N) is 3. The molecule has 0 bridgehead atoms. The molecule has 16 heteroatoms. The first-order valence-electron chi connectivity index (χ1n) is 19.8. The number of ether oxygens (including phenoxy) is 1. The van der Waals surface area contributed by atoms with Crippen molar-refractivity contribution < 1.29 is 33.9 Å². The lowest BCUT2D eigenvalue weighted by Crippen LogP contribution is -2.48. The molecule has 8 rings (SSSR count). The van der Waals surface area contributed by atoms with Gasteiger partial charge in [0.2, 0.25) is 11.8 Å². The van der Waals surface area contributed by atoms with Crippen molar-refractivity contribution >= 4 is 40.1 Å². The zero-order valence-electron chi connectivity index (χ0n) is 33.1. The van der Waals surface area contributed by atoms with Crippen LogP contribution in [0.4, 0.5) is 0 Å². The number of phenols is 1. The Labute approximate surface area is 344 Å². The Hall–Kier alpha value is -6.13. The molecule has 0 unspecified atom stereocenters. The average molecular weight is 819 g/mol. The highest BCUT2D eigenvalue weighted by atomic mass is 32.1. The molecule has 5 heterocycles. The van der Waals surface area contributed by atoms with Gasteiger partial charge in [-0.3, -0.25) is 14.4 Å². The Morgan fingerprint density at radius 2 is 1.88 bits per heavy atom. The summed E-state index contributed by atoms with van der Waals surface area (Å²) in [6.45, 7) is 7.26.